The van der Waals surface area contributed by atoms with Crippen LogP contribution in [0.2, 0.25) is 0 Å². The van der Waals surface area contributed by atoms with Crippen molar-refractivity contribution in [3.63, 3.8) is 0 Å². The molecule has 0 aliphatic carbocycles. The second-order valence-corrected chi connectivity index (χ2v) is 9.66. The van der Waals surface area contributed by atoms with Crippen LogP contribution in [-0.2, 0) is 27.4 Å². The standard InChI is InChI=1S/C24H21F3N2O3S/c1-17-9-11-21(12-10-17)33(31,32)29(20-7-4-6-19(15-20)24(25,26)27)16-23(30)28-14-13-18-5-2-3-8-22(18)28/h2-12,15H,13-14,16H2,1H3. The Kier molecular flexibility index (Phi) is 5.92. The Morgan fingerprint density at radius 3 is 2.39 bits per heavy atom. The summed E-state index contributed by atoms with van der Waals surface area (Å²) in [6.45, 7) is 1.53. The molecule has 3 aromatic rings. The number of anilines is 2. The summed E-state index contributed by atoms with van der Waals surface area (Å²) in [6.07, 6.45) is -4.04. The number of hydrogen-bond acceptors (Lipinski definition) is 3. The van der Waals surface area contributed by atoms with E-state index in [0.29, 0.717) is 18.7 Å². The predicted octanol–water partition coefficient (Wildman–Crippen LogP) is 4.80. The van der Waals surface area contributed by atoms with Crippen LogP contribution >= 0.6 is 0 Å². The fraction of sp³-hybridized carbons (Fsp3) is 0.208. The Labute approximate surface area is 190 Å². The van der Waals surface area contributed by atoms with Crippen LogP contribution in [0.15, 0.2) is 77.7 Å². The number of halogens is 3. The van der Waals surface area contributed by atoms with Gasteiger partial charge < -0.3 is 4.90 Å². The Morgan fingerprint density at radius 2 is 1.70 bits per heavy atom. The van der Waals surface area contributed by atoms with Crippen molar-refractivity contribution in [2.24, 2.45) is 0 Å². The molecule has 0 atom stereocenters. The molecule has 1 amide bonds. The minimum Gasteiger partial charge on any atom is -0.310 e. The van der Waals surface area contributed by atoms with Crippen molar-refractivity contribution < 1.29 is 26.4 Å². The summed E-state index contributed by atoms with van der Waals surface area (Å²) >= 11 is 0. The van der Waals surface area contributed by atoms with Crippen LogP contribution in [0.3, 0.4) is 0 Å². The Morgan fingerprint density at radius 1 is 1.00 bits per heavy atom. The van der Waals surface area contributed by atoms with E-state index in [0.717, 1.165) is 33.6 Å². The van der Waals surface area contributed by atoms with Gasteiger partial charge in [-0.25, -0.2) is 8.42 Å². The Hall–Kier alpha value is -3.33. The second kappa shape index (κ2) is 8.55. The average Bonchev–Trinajstić information content (AvgIpc) is 3.21. The Balaban J connectivity index is 1.75. The smallest absolute Gasteiger partial charge is 0.310 e. The van der Waals surface area contributed by atoms with Crippen LogP contribution in [0.5, 0.6) is 0 Å². The number of fused-ring (bicyclic) bond motifs is 1. The number of aryl methyl sites for hydroxylation is 1. The third kappa shape index (κ3) is 4.59. The number of amides is 1. The average molecular weight is 475 g/mol. The predicted molar refractivity (Wildman–Crippen MR) is 120 cm³/mol. The van der Waals surface area contributed by atoms with Gasteiger partial charge in [-0.15, -0.1) is 0 Å². The lowest BCUT2D eigenvalue weighted by Gasteiger charge is -2.27. The molecule has 0 fully saturated rings. The molecule has 9 heteroatoms. The third-order valence-electron chi connectivity index (χ3n) is 5.54. The number of sulfonamides is 1. The number of carbonyl (C=O) groups excluding carboxylic acids is 1. The van der Waals surface area contributed by atoms with Crippen molar-refractivity contribution in [1.29, 1.82) is 0 Å². The van der Waals surface area contributed by atoms with Crippen molar-refractivity contribution >= 4 is 27.3 Å². The number of hydrogen-bond donors (Lipinski definition) is 0. The topological polar surface area (TPSA) is 57.7 Å². The number of alkyl halides is 3. The maximum atomic E-state index is 13.5. The first-order valence-corrected chi connectivity index (χ1v) is 11.7. The van der Waals surface area contributed by atoms with Gasteiger partial charge in [0.1, 0.15) is 6.54 Å². The molecule has 0 saturated carbocycles. The normalized spacial score (nSPS) is 13.6. The fourth-order valence-electron chi connectivity index (χ4n) is 3.80. The monoisotopic (exact) mass is 474 g/mol. The maximum Gasteiger partial charge on any atom is 0.416 e. The van der Waals surface area contributed by atoms with Gasteiger partial charge in [-0.2, -0.15) is 13.2 Å². The second-order valence-electron chi connectivity index (χ2n) is 7.80. The highest BCUT2D eigenvalue weighted by Gasteiger charge is 2.34. The lowest BCUT2D eigenvalue weighted by Crippen LogP contribution is -2.42. The van der Waals surface area contributed by atoms with E-state index in [4.69, 9.17) is 0 Å². The minimum absolute atomic E-state index is 0.111. The number of rotatable bonds is 5. The molecule has 0 spiro atoms. The number of nitrogens with zero attached hydrogens (tertiary/aromatic N) is 2. The summed E-state index contributed by atoms with van der Waals surface area (Å²) in [6, 6.07) is 17.2. The molecule has 0 unspecified atom stereocenters. The molecular formula is C24H21F3N2O3S. The van der Waals surface area contributed by atoms with Crippen molar-refractivity contribution in [2.45, 2.75) is 24.4 Å². The highest BCUT2D eigenvalue weighted by Crippen LogP contribution is 2.34. The summed E-state index contributed by atoms with van der Waals surface area (Å²) in [5.41, 5.74) is 1.23. The van der Waals surface area contributed by atoms with Crippen molar-refractivity contribution in [3.05, 3.63) is 89.5 Å². The van der Waals surface area contributed by atoms with Gasteiger partial charge in [0.05, 0.1) is 16.1 Å². The quantitative estimate of drug-likeness (QED) is 0.534. The van der Waals surface area contributed by atoms with Crippen molar-refractivity contribution in [3.8, 4) is 0 Å². The molecule has 0 radical (unpaired) electrons. The molecule has 3 aromatic carbocycles. The van der Waals surface area contributed by atoms with E-state index in [1.807, 2.05) is 12.1 Å². The SMILES string of the molecule is Cc1ccc(S(=O)(=O)N(CC(=O)N2CCc3ccccc32)c2cccc(C(F)(F)F)c2)cc1. The van der Waals surface area contributed by atoms with Gasteiger partial charge in [0.2, 0.25) is 5.91 Å². The highest BCUT2D eigenvalue weighted by atomic mass is 32.2. The zero-order valence-electron chi connectivity index (χ0n) is 17.7. The zero-order chi connectivity index (χ0) is 23.8. The number of benzene rings is 3. The zero-order valence-corrected chi connectivity index (χ0v) is 18.5. The first-order chi connectivity index (χ1) is 15.6. The van der Waals surface area contributed by atoms with E-state index >= 15 is 0 Å². The van der Waals surface area contributed by atoms with Gasteiger partial charge in [0.25, 0.3) is 10.0 Å². The largest absolute Gasteiger partial charge is 0.416 e. The summed E-state index contributed by atoms with van der Waals surface area (Å²) < 4.78 is 67.7. The van der Waals surface area contributed by atoms with E-state index in [1.165, 1.54) is 23.1 Å². The van der Waals surface area contributed by atoms with Crippen LogP contribution < -0.4 is 9.21 Å². The van der Waals surface area contributed by atoms with Crippen LogP contribution in [0.25, 0.3) is 0 Å². The molecule has 172 valence electrons. The van der Waals surface area contributed by atoms with E-state index in [2.05, 4.69) is 0 Å². The molecule has 4 rings (SSSR count). The summed E-state index contributed by atoms with van der Waals surface area (Å²) in [5, 5.41) is 0. The van der Waals surface area contributed by atoms with Crippen LogP contribution in [0.4, 0.5) is 24.5 Å². The summed E-state index contributed by atoms with van der Waals surface area (Å²) in [4.78, 5) is 14.6. The number of carbonyl (C=O) groups is 1. The summed E-state index contributed by atoms with van der Waals surface area (Å²) in [7, 11) is -4.32. The van der Waals surface area contributed by atoms with Gasteiger partial charge in [-0.05, 0) is 55.3 Å². The molecule has 0 aromatic heterocycles. The first kappa shape index (κ1) is 22.8. The molecule has 1 aliphatic heterocycles. The van der Waals surface area contributed by atoms with Gasteiger partial charge in [-0.3, -0.25) is 9.10 Å². The molecule has 0 bridgehead atoms. The minimum atomic E-state index is -4.66. The molecule has 33 heavy (non-hydrogen) atoms. The van der Waals surface area contributed by atoms with Gasteiger partial charge in [0, 0.05) is 12.2 Å². The summed E-state index contributed by atoms with van der Waals surface area (Å²) in [5.74, 6) is -0.520. The lowest BCUT2D eigenvalue weighted by molar-refractivity contribution is -0.137. The van der Waals surface area contributed by atoms with E-state index in [9.17, 15) is 26.4 Å². The third-order valence-corrected chi connectivity index (χ3v) is 7.33. The fourth-order valence-corrected chi connectivity index (χ4v) is 5.20. The van der Waals surface area contributed by atoms with Crippen LogP contribution in [-0.4, -0.2) is 27.4 Å². The Bertz CT molecular complexity index is 1290. The van der Waals surface area contributed by atoms with Crippen LogP contribution in [0.1, 0.15) is 16.7 Å². The van der Waals surface area contributed by atoms with Gasteiger partial charge in [0.15, 0.2) is 0 Å². The molecule has 0 saturated heterocycles. The number of para-hydroxylation sites is 1. The van der Waals surface area contributed by atoms with E-state index in [-0.39, 0.29) is 10.6 Å². The molecule has 1 heterocycles. The van der Waals surface area contributed by atoms with Crippen LogP contribution in [0, 0.1) is 6.92 Å². The van der Waals surface area contributed by atoms with Crippen molar-refractivity contribution in [2.75, 3.05) is 22.3 Å². The molecule has 1 aliphatic rings. The molecule has 5 nitrogen and oxygen atoms in total. The highest BCUT2D eigenvalue weighted by molar-refractivity contribution is 7.92. The van der Waals surface area contributed by atoms with Crippen molar-refractivity contribution in [1.82, 2.24) is 0 Å². The first-order valence-electron chi connectivity index (χ1n) is 10.2. The lowest BCUT2D eigenvalue weighted by atomic mass is 10.2. The molecule has 0 N–H and O–H groups in total. The van der Waals surface area contributed by atoms with E-state index < -0.39 is 34.2 Å². The molecular weight excluding hydrogens is 453 g/mol. The van der Waals surface area contributed by atoms with E-state index in [1.54, 1.807) is 31.2 Å². The van der Waals surface area contributed by atoms with Gasteiger partial charge in [-0.1, -0.05) is 42.0 Å². The van der Waals surface area contributed by atoms with Gasteiger partial charge >= 0.3 is 6.18 Å². The maximum absolute atomic E-state index is 13.5.